The van der Waals surface area contributed by atoms with Crippen LogP contribution in [0.4, 0.5) is 5.82 Å². The van der Waals surface area contributed by atoms with E-state index in [0.717, 1.165) is 56.5 Å². The molecule has 2 heterocycles. The summed E-state index contributed by atoms with van der Waals surface area (Å²) < 4.78 is 0. The monoisotopic (exact) mass is 278 g/mol. The summed E-state index contributed by atoms with van der Waals surface area (Å²) in [5, 5.41) is 3.51. The summed E-state index contributed by atoms with van der Waals surface area (Å²) in [6, 6.07) is 2.19. The van der Waals surface area contributed by atoms with E-state index in [2.05, 4.69) is 34.0 Å². The molecule has 5 heteroatoms. The van der Waals surface area contributed by atoms with Gasteiger partial charge in [0.05, 0.1) is 0 Å². The van der Waals surface area contributed by atoms with Gasteiger partial charge in [0, 0.05) is 31.6 Å². The van der Waals surface area contributed by atoms with Crippen molar-refractivity contribution < 1.29 is 0 Å². The van der Waals surface area contributed by atoms with Gasteiger partial charge in [-0.2, -0.15) is 0 Å². The van der Waals surface area contributed by atoms with Crippen LogP contribution >= 0.6 is 0 Å². The minimum absolute atomic E-state index is 0.0463. The van der Waals surface area contributed by atoms with Gasteiger partial charge in [-0.25, -0.2) is 4.98 Å². The van der Waals surface area contributed by atoms with Crippen molar-refractivity contribution in [2.24, 2.45) is 5.92 Å². The number of hydrogen-bond donors (Lipinski definition) is 2. The second-order valence-electron chi connectivity index (χ2n) is 5.57. The first-order valence-corrected chi connectivity index (χ1v) is 7.72. The molecule has 0 spiro atoms. The fraction of sp³-hybridized carbons (Fsp3) is 0.733. The average molecular weight is 278 g/mol. The standard InChI is InChI=1S/C15H26N4O/c1-4-13-17-14(10-15(20)18-13)19-8-6-12(7-9-19)11(3)16-5-2/h10-12,16H,4-9H2,1-3H3,(H,17,18,20). The number of nitrogens with zero attached hydrogens (tertiary/aromatic N) is 2. The fourth-order valence-corrected chi connectivity index (χ4v) is 2.94. The van der Waals surface area contributed by atoms with E-state index < -0.39 is 0 Å². The number of aromatic amines is 1. The topological polar surface area (TPSA) is 61.0 Å². The van der Waals surface area contributed by atoms with E-state index in [4.69, 9.17) is 0 Å². The SMILES string of the molecule is CCNC(C)C1CCN(c2cc(=O)[nH]c(CC)n2)CC1. The molecule has 1 atom stereocenters. The Morgan fingerprint density at radius 2 is 2.15 bits per heavy atom. The third-order valence-corrected chi connectivity index (χ3v) is 4.21. The second-order valence-corrected chi connectivity index (χ2v) is 5.57. The molecule has 0 bridgehead atoms. The molecular formula is C15H26N4O. The van der Waals surface area contributed by atoms with Crippen LogP contribution in [0.3, 0.4) is 0 Å². The summed E-state index contributed by atoms with van der Waals surface area (Å²) in [6.45, 7) is 9.42. The highest BCUT2D eigenvalue weighted by Crippen LogP contribution is 2.23. The Bertz CT molecular complexity index is 477. The van der Waals surface area contributed by atoms with Crippen molar-refractivity contribution in [2.45, 2.75) is 46.1 Å². The first kappa shape index (κ1) is 15.0. The maximum Gasteiger partial charge on any atom is 0.252 e. The van der Waals surface area contributed by atoms with Gasteiger partial charge in [-0.05, 0) is 32.2 Å². The van der Waals surface area contributed by atoms with Gasteiger partial charge < -0.3 is 15.2 Å². The van der Waals surface area contributed by atoms with Crippen molar-refractivity contribution in [3.63, 3.8) is 0 Å². The number of nitrogens with one attached hydrogen (secondary N) is 2. The van der Waals surface area contributed by atoms with Crippen molar-refractivity contribution in [2.75, 3.05) is 24.5 Å². The number of piperidine rings is 1. The van der Waals surface area contributed by atoms with Gasteiger partial charge in [-0.1, -0.05) is 13.8 Å². The van der Waals surface area contributed by atoms with E-state index in [1.54, 1.807) is 6.07 Å². The molecule has 1 saturated heterocycles. The number of aryl methyl sites for hydroxylation is 1. The molecule has 1 aromatic heterocycles. The molecule has 1 fully saturated rings. The number of hydrogen-bond acceptors (Lipinski definition) is 4. The fourth-order valence-electron chi connectivity index (χ4n) is 2.94. The zero-order chi connectivity index (χ0) is 14.5. The molecule has 2 N–H and O–H groups in total. The maximum absolute atomic E-state index is 11.6. The predicted molar refractivity (Wildman–Crippen MR) is 82.3 cm³/mol. The molecule has 1 aromatic rings. The molecule has 0 aliphatic carbocycles. The van der Waals surface area contributed by atoms with Crippen LogP contribution in [0, 0.1) is 5.92 Å². The zero-order valence-corrected chi connectivity index (χ0v) is 12.8. The second kappa shape index (κ2) is 6.88. The Hall–Kier alpha value is -1.36. The van der Waals surface area contributed by atoms with E-state index in [0.29, 0.717) is 6.04 Å². The highest BCUT2D eigenvalue weighted by molar-refractivity contribution is 5.38. The molecular weight excluding hydrogens is 252 g/mol. The van der Waals surface area contributed by atoms with Crippen molar-refractivity contribution in [1.29, 1.82) is 0 Å². The lowest BCUT2D eigenvalue weighted by atomic mass is 9.90. The quantitative estimate of drug-likeness (QED) is 0.858. The van der Waals surface area contributed by atoms with Gasteiger partial charge in [-0.3, -0.25) is 4.79 Å². The number of anilines is 1. The summed E-state index contributed by atoms with van der Waals surface area (Å²) >= 11 is 0. The zero-order valence-electron chi connectivity index (χ0n) is 12.8. The van der Waals surface area contributed by atoms with Crippen molar-refractivity contribution in [3.05, 3.63) is 22.2 Å². The highest BCUT2D eigenvalue weighted by Gasteiger charge is 2.24. The first-order valence-electron chi connectivity index (χ1n) is 7.72. The molecule has 0 radical (unpaired) electrons. The number of rotatable bonds is 5. The third-order valence-electron chi connectivity index (χ3n) is 4.21. The Morgan fingerprint density at radius 3 is 2.75 bits per heavy atom. The maximum atomic E-state index is 11.6. The summed E-state index contributed by atoms with van der Waals surface area (Å²) in [7, 11) is 0. The largest absolute Gasteiger partial charge is 0.356 e. The Balaban J connectivity index is 2.00. The molecule has 1 unspecified atom stereocenters. The van der Waals surface area contributed by atoms with Gasteiger partial charge in [0.2, 0.25) is 0 Å². The average Bonchev–Trinajstić information content (AvgIpc) is 2.47. The molecule has 20 heavy (non-hydrogen) atoms. The van der Waals surface area contributed by atoms with Crippen molar-refractivity contribution >= 4 is 5.82 Å². The van der Waals surface area contributed by atoms with Crippen LogP contribution in [-0.4, -0.2) is 35.6 Å². The van der Waals surface area contributed by atoms with Crippen molar-refractivity contribution in [1.82, 2.24) is 15.3 Å². The minimum Gasteiger partial charge on any atom is -0.356 e. The van der Waals surface area contributed by atoms with E-state index in [-0.39, 0.29) is 5.56 Å². The molecule has 112 valence electrons. The Morgan fingerprint density at radius 1 is 1.45 bits per heavy atom. The molecule has 0 aromatic carbocycles. The Labute approximate surface area is 120 Å². The summed E-state index contributed by atoms with van der Waals surface area (Å²) in [5.41, 5.74) is -0.0463. The molecule has 0 amide bonds. The third kappa shape index (κ3) is 3.60. The Kier molecular flexibility index (Phi) is 5.17. The normalized spacial score (nSPS) is 18.2. The first-order chi connectivity index (χ1) is 9.63. The van der Waals surface area contributed by atoms with Gasteiger partial charge in [0.25, 0.3) is 5.56 Å². The van der Waals surface area contributed by atoms with E-state index in [1.807, 2.05) is 6.92 Å². The lowest BCUT2D eigenvalue weighted by Crippen LogP contribution is -2.42. The van der Waals surface area contributed by atoms with Crippen LogP contribution in [0.2, 0.25) is 0 Å². The number of aromatic nitrogens is 2. The summed E-state index contributed by atoms with van der Waals surface area (Å²) in [5.74, 6) is 2.33. The lowest BCUT2D eigenvalue weighted by Gasteiger charge is -2.35. The van der Waals surface area contributed by atoms with Gasteiger partial charge in [0.15, 0.2) is 0 Å². The van der Waals surface area contributed by atoms with E-state index in [1.165, 1.54) is 0 Å². The molecule has 0 saturated carbocycles. The summed E-state index contributed by atoms with van der Waals surface area (Å²) in [4.78, 5) is 21.2. The summed E-state index contributed by atoms with van der Waals surface area (Å²) in [6.07, 6.45) is 3.07. The minimum atomic E-state index is -0.0463. The molecule has 2 rings (SSSR count). The van der Waals surface area contributed by atoms with E-state index in [9.17, 15) is 4.79 Å². The smallest absolute Gasteiger partial charge is 0.252 e. The highest BCUT2D eigenvalue weighted by atomic mass is 16.1. The van der Waals surface area contributed by atoms with Gasteiger partial charge >= 0.3 is 0 Å². The van der Waals surface area contributed by atoms with Crippen LogP contribution < -0.4 is 15.8 Å². The van der Waals surface area contributed by atoms with Crippen LogP contribution in [0.1, 0.15) is 39.4 Å². The molecule has 1 aliphatic rings. The van der Waals surface area contributed by atoms with E-state index >= 15 is 0 Å². The van der Waals surface area contributed by atoms with Crippen LogP contribution in [-0.2, 0) is 6.42 Å². The number of H-pyrrole nitrogens is 1. The van der Waals surface area contributed by atoms with Crippen LogP contribution in [0.25, 0.3) is 0 Å². The molecule has 1 aliphatic heterocycles. The lowest BCUT2D eigenvalue weighted by molar-refractivity contribution is 0.314. The van der Waals surface area contributed by atoms with Crippen LogP contribution in [0.15, 0.2) is 10.9 Å². The molecule has 5 nitrogen and oxygen atoms in total. The van der Waals surface area contributed by atoms with Crippen LogP contribution in [0.5, 0.6) is 0 Å². The predicted octanol–water partition coefficient (Wildman–Crippen LogP) is 1.55. The van der Waals surface area contributed by atoms with Crippen molar-refractivity contribution in [3.8, 4) is 0 Å². The van der Waals surface area contributed by atoms with Gasteiger partial charge in [-0.15, -0.1) is 0 Å². The van der Waals surface area contributed by atoms with Gasteiger partial charge in [0.1, 0.15) is 11.6 Å².